The average molecular weight is 411 g/mol. The fourth-order valence-electron chi connectivity index (χ4n) is 3.39. The van der Waals surface area contributed by atoms with Crippen molar-refractivity contribution in [3.05, 3.63) is 82.0 Å². The molecular weight excluding hydrogens is 395 g/mol. The second-order valence-electron chi connectivity index (χ2n) is 6.38. The van der Waals surface area contributed by atoms with E-state index in [0.29, 0.717) is 15.6 Å². The van der Waals surface area contributed by atoms with Crippen molar-refractivity contribution in [1.29, 1.82) is 0 Å². The molecule has 4 rings (SSSR count). The van der Waals surface area contributed by atoms with Gasteiger partial charge in [-0.2, -0.15) is 0 Å². The van der Waals surface area contributed by atoms with E-state index in [2.05, 4.69) is 5.32 Å². The van der Waals surface area contributed by atoms with Crippen molar-refractivity contribution in [2.75, 3.05) is 11.9 Å². The van der Waals surface area contributed by atoms with Gasteiger partial charge in [-0.25, -0.2) is 0 Å². The van der Waals surface area contributed by atoms with Gasteiger partial charge in [0, 0.05) is 28.2 Å². The number of nitrogens with zero attached hydrogens (tertiary/aromatic N) is 1. The molecule has 0 spiro atoms. The van der Waals surface area contributed by atoms with E-state index in [-0.39, 0.29) is 29.6 Å². The van der Waals surface area contributed by atoms with Gasteiger partial charge in [-0.1, -0.05) is 65.7 Å². The summed E-state index contributed by atoms with van der Waals surface area (Å²) in [6, 6.07) is 18.5. The van der Waals surface area contributed by atoms with Crippen LogP contribution in [0.25, 0.3) is 16.3 Å². The van der Waals surface area contributed by atoms with E-state index < -0.39 is 0 Å². The van der Waals surface area contributed by atoms with E-state index in [9.17, 15) is 9.59 Å². The van der Waals surface area contributed by atoms with E-state index in [0.717, 1.165) is 16.5 Å². The van der Waals surface area contributed by atoms with Gasteiger partial charge in [0.1, 0.15) is 5.70 Å². The molecule has 0 unspecified atom stereocenters. The van der Waals surface area contributed by atoms with E-state index in [1.807, 2.05) is 42.5 Å². The molecule has 0 saturated carbocycles. The molecule has 0 radical (unpaired) electrons. The molecule has 0 atom stereocenters. The molecular formula is C22H16Cl2N2O2. The van der Waals surface area contributed by atoms with Gasteiger partial charge in [0.25, 0.3) is 11.8 Å². The monoisotopic (exact) mass is 410 g/mol. The van der Waals surface area contributed by atoms with E-state index in [4.69, 9.17) is 23.2 Å². The zero-order valence-corrected chi connectivity index (χ0v) is 16.5. The summed E-state index contributed by atoms with van der Waals surface area (Å²) in [6.07, 6.45) is 0. The Balaban J connectivity index is 1.90. The lowest BCUT2D eigenvalue weighted by Gasteiger charge is -2.13. The van der Waals surface area contributed by atoms with Crippen LogP contribution in [0.5, 0.6) is 0 Å². The largest absolute Gasteiger partial charge is 0.350 e. The molecule has 1 aliphatic rings. The number of fused-ring (bicyclic) bond motifs is 1. The number of nitrogens with one attached hydrogen (secondary N) is 1. The van der Waals surface area contributed by atoms with Crippen molar-refractivity contribution in [2.45, 2.75) is 6.92 Å². The highest BCUT2D eigenvalue weighted by atomic mass is 35.5. The maximum atomic E-state index is 13.0. The molecule has 0 aromatic heterocycles. The molecule has 0 bridgehead atoms. The molecule has 1 aliphatic heterocycles. The quantitative estimate of drug-likeness (QED) is 0.589. The Morgan fingerprint density at radius 2 is 1.68 bits per heavy atom. The van der Waals surface area contributed by atoms with Gasteiger partial charge >= 0.3 is 0 Å². The molecule has 140 valence electrons. The first-order valence-corrected chi connectivity index (χ1v) is 9.57. The van der Waals surface area contributed by atoms with Crippen molar-refractivity contribution in [1.82, 2.24) is 4.90 Å². The summed E-state index contributed by atoms with van der Waals surface area (Å²) in [4.78, 5) is 27.1. The molecule has 4 nitrogen and oxygen atoms in total. The first-order valence-electron chi connectivity index (χ1n) is 8.82. The number of carbonyl (C=O) groups is 2. The third-order valence-corrected chi connectivity index (χ3v) is 5.28. The van der Waals surface area contributed by atoms with Gasteiger partial charge < -0.3 is 5.32 Å². The van der Waals surface area contributed by atoms with Crippen LogP contribution in [0.15, 0.2) is 66.4 Å². The molecule has 1 N–H and O–H groups in total. The summed E-state index contributed by atoms with van der Waals surface area (Å²) in [5.41, 5.74) is 1.69. The van der Waals surface area contributed by atoms with Crippen molar-refractivity contribution in [3.8, 4) is 0 Å². The number of hydrogen-bond acceptors (Lipinski definition) is 3. The summed E-state index contributed by atoms with van der Waals surface area (Å²) < 4.78 is 0. The lowest BCUT2D eigenvalue weighted by molar-refractivity contribution is -0.136. The Labute approximate surface area is 172 Å². The van der Waals surface area contributed by atoms with Crippen LogP contribution in [0.3, 0.4) is 0 Å². The zero-order valence-electron chi connectivity index (χ0n) is 15.0. The van der Waals surface area contributed by atoms with Gasteiger partial charge in [-0.05, 0) is 30.5 Å². The highest BCUT2D eigenvalue weighted by molar-refractivity contribution is 6.41. The molecule has 3 aromatic rings. The second-order valence-corrected chi connectivity index (χ2v) is 7.22. The first-order chi connectivity index (χ1) is 13.5. The third-order valence-electron chi connectivity index (χ3n) is 4.73. The average Bonchev–Trinajstić information content (AvgIpc) is 2.92. The molecule has 0 saturated heterocycles. The van der Waals surface area contributed by atoms with Gasteiger partial charge in [-0.15, -0.1) is 0 Å². The van der Waals surface area contributed by atoms with E-state index >= 15 is 0 Å². The molecule has 3 aromatic carbocycles. The van der Waals surface area contributed by atoms with Crippen LogP contribution in [-0.4, -0.2) is 23.3 Å². The highest BCUT2D eigenvalue weighted by Gasteiger charge is 2.39. The molecule has 2 amide bonds. The Kier molecular flexibility index (Phi) is 4.84. The van der Waals surface area contributed by atoms with Crippen LogP contribution in [-0.2, 0) is 9.59 Å². The summed E-state index contributed by atoms with van der Waals surface area (Å²) in [6.45, 7) is 2.03. The standard InChI is InChI=1S/C22H16Cl2N2O2/c1-2-26-21(27)19(16-11-10-14(23)12-17(16)24)20(22(26)28)25-18-9-5-7-13-6-3-4-8-15(13)18/h3-12,25H,2H2,1H3. The summed E-state index contributed by atoms with van der Waals surface area (Å²) in [5.74, 6) is -0.749. The van der Waals surface area contributed by atoms with Gasteiger partial charge in [0.15, 0.2) is 0 Å². The van der Waals surface area contributed by atoms with Crippen LogP contribution in [0, 0.1) is 0 Å². The minimum atomic E-state index is -0.376. The van der Waals surface area contributed by atoms with E-state index in [1.165, 1.54) is 4.90 Å². The number of carbonyl (C=O) groups excluding carboxylic acids is 2. The van der Waals surface area contributed by atoms with E-state index in [1.54, 1.807) is 25.1 Å². The van der Waals surface area contributed by atoms with Gasteiger partial charge in [0.05, 0.1) is 10.6 Å². The highest BCUT2D eigenvalue weighted by Crippen LogP contribution is 2.36. The number of halogens is 2. The maximum Gasteiger partial charge on any atom is 0.278 e. The zero-order chi connectivity index (χ0) is 19.8. The fraction of sp³-hybridized carbons (Fsp3) is 0.0909. The topological polar surface area (TPSA) is 49.4 Å². The lowest BCUT2D eigenvalue weighted by atomic mass is 10.0. The summed E-state index contributed by atoms with van der Waals surface area (Å²) in [7, 11) is 0. The first kappa shape index (κ1) is 18.5. The maximum absolute atomic E-state index is 13.0. The number of hydrogen-bond donors (Lipinski definition) is 1. The van der Waals surface area contributed by atoms with Gasteiger partial charge in [0.2, 0.25) is 0 Å². The second kappa shape index (κ2) is 7.30. The van der Waals surface area contributed by atoms with Crippen molar-refractivity contribution in [3.63, 3.8) is 0 Å². The molecule has 1 heterocycles. The Hall–Kier alpha value is -2.82. The number of amides is 2. The van der Waals surface area contributed by atoms with Crippen LogP contribution in [0.4, 0.5) is 5.69 Å². The van der Waals surface area contributed by atoms with Crippen molar-refractivity contribution >= 4 is 57.0 Å². The lowest BCUT2D eigenvalue weighted by Crippen LogP contribution is -2.32. The summed E-state index contributed by atoms with van der Waals surface area (Å²) >= 11 is 12.3. The predicted molar refractivity (Wildman–Crippen MR) is 113 cm³/mol. The number of rotatable bonds is 4. The van der Waals surface area contributed by atoms with Crippen molar-refractivity contribution < 1.29 is 9.59 Å². The Morgan fingerprint density at radius 1 is 0.929 bits per heavy atom. The summed E-state index contributed by atoms with van der Waals surface area (Å²) in [5, 5.41) is 5.96. The number of likely N-dealkylation sites (N-methyl/N-ethyl adjacent to an activating group) is 1. The van der Waals surface area contributed by atoms with Crippen LogP contribution in [0.1, 0.15) is 12.5 Å². The number of benzene rings is 3. The van der Waals surface area contributed by atoms with Crippen LogP contribution < -0.4 is 5.32 Å². The van der Waals surface area contributed by atoms with Gasteiger partial charge in [-0.3, -0.25) is 14.5 Å². The minimum Gasteiger partial charge on any atom is -0.350 e. The fourth-order valence-corrected chi connectivity index (χ4v) is 3.89. The minimum absolute atomic E-state index is 0.215. The number of anilines is 1. The normalized spacial score (nSPS) is 14.3. The van der Waals surface area contributed by atoms with Crippen molar-refractivity contribution in [2.24, 2.45) is 0 Å². The molecule has 28 heavy (non-hydrogen) atoms. The molecule has 6 heteroatoms. The molecule has 0 aliphatic carbocycles. The smallest absolute Gasteiger partial charge is 0.278 e. The number of imide groups is 1. The predicted octanol–water partition coefficient (Wildman–Crippen LogP) is 5.36. The SMILES string of the molecule is CCN1C(=O)C(Nc2cccc3ccccc23)=C(c2ccc(Cl)cc2Cl)C1=O. The molecule has 0 fully saturated rings. The Bertz CT molecular complexity index is 1150. The van der Waals surface area contributed by atoms with Crippen LogP contribution >= 0.6 is 23.2 Å². The van der Waals surface area contributed by atoms with Crippen LogP contribution in [0.2, 0.25) is 10.0 Å². The Morgan fingerprint density at radius 3 is 2.43 bits per heavy atom. The third kappa shape index (κ3) is 3.05.